The molecule has 0 saturated carbocycles. The van der Waals surface area contributed by atoms with E-state index >= 15 is 0 Å². The van der Waals surface area contributed by atoms with Gasteiger partial charge in [0, 0.05) is 23.0 Å². The lowest BCUT2D eigenvalue weighted by Gasteiger charge is -2.14. The highest BCUT2D eigenvalue weighted by atomic mass is 16.5. The zero-order valence-corrected chi connectivity index (χ0v) is 17.8. The summed E-state index contributed by atoms with van der Waals surface area (Å²) >= 11 is 0. The number of nitriles is 1. The van der Waals surface area contributed by atoms with Gasteiger partial charge in [0.25, 0.3) is 0 Å². The summed E-state index contributed by atoms with van der Waals surface area (Å²) in [5, 5.41) is 10.4. The number of anilines is 1. The van der Waals surface area contributed by atoms with Crippen LogP contribution >= 0.6 is 0 Å². The van der Waals surface area contributed by atoms with Gasteiger partial charge in [-0.2, -0.15) is 5.26 Å². The maximum absolute atomic E-state index is 12.4. The molecule has 0 radical (unpaired) electrons. The average Bonchev–Trinajstić information content (AvgIpc) is 3.17. The molecule has 7 nitrogen and oxygen atoms in total. The summed E-state index contributed by atoms with van der Waals surface area (Å²) < 4.78 is 12.0. The Labute approximate surface area is 185 Å². The van der Waals surface area contributed by atoms with E-state index in [1.807, 2.05) is 60.7 Å². The van der Waals surface area contributed by atoms with Gasteiger partial charge in [0.1, 0.15) is 17.3 Å². The third-order valence-electron chi connectivity index (χ3n) is 5.41. The first-order chi connectivity index (χ1) is 15.6. The molecule has 160 valence electrons. The van der Waals surface area contributed by atoms with Crippen LogP contribution in [-0.4, -0.2) is 29.7 Å². The van der Waals surface area contributed by atoms with E-state index in [1.165, 1.54) is 7.11 Å². The fraction of sp³-hybridized carbons (Fsp3) is 0.160. The highest BCUT2D eigenvalue weighted by molar-refractivity contribution is 5.96. The summed E-state index contributed by atoms with van der Waals surface area (Å²) in [5.41, 5.74) is 10.0. The number of carbonyl (C=O) groups excluding carboxylic acids is 1. The van der Waals surface area contributed by atoms with Crippen molar-refractivity contribution < 1.29 is 14.3 Å². The lowest BCUT2D eigenvalue weighted by Crippen LogP contribution is -2.12. The zero-order chi connectivity index (χ0) is 22.7. The number of hydrogen-bond donors (Lipinski definition) is 1. The van der Waals surface area contributed by atoms with Gasteiger partial charge in [-0.05, 0) is 36.6 Å². The summed E-state index contributed by atoms with van der Waals surface area (Å²) in [5.74, 6) is 0.140. The first kappa shape index (κ1) is 20.9. The number of para-hydroxylation sites is 2. The minimum absolute atomic E-state index is 0.109. The summed E-state index contributed by atoms with van der Waals surface area (Å²) in [6, 6.07) is 19.6. The minimum atomic E-state index is -0.595. The van der Waals surface area contributed by atoms with Crippen LogP contribution in [0.15, 0.2) is 60.8 Å². The Kier molecular flexibility index (Phi) is 5.77. The number of esters is 1. The molecule has 2 N–H and O–H groups in total. The van der Waals surface area contributed by atoms with E-state index in [0.29, 0.717) is 12.8 Å². The Morgan fingerprint density at radius 3 is 2.66 bits per heavy atom. The van der Waals surface area contributed by atoms with Crippen LogP contribution in [0.1, 0.15) is 27.3 Å². The maximum atomic E-state index is 12.4. The topological polar surface area (TPSA) is 103 Å². The maximum Gasteiger partial charge on any atom is 0.357 e. The van der Waals surface area contributed by atoms with Crippen molar-refractivity contribution in [1.29, 1.82) is 5.26 Å². The number of nitrogens with zero attached hydrogens (tertiary/aromatic N) is 3. The quantitative estimate of drug-likeness (QED) is 0.467. The Hall–Kier alpha value is -4.31. The minimum Gasteiger partial charge on any atom is -0.494 e. The molecule has 7 heteroatoms. The predicted molar refractivity (Wildman–Crippen MR) is 122 cm³/mol. The second kappa shape index (κ2) is 8.82. The van der Waals surface area contributed by atoms with Gasteiger partial charge < -0.3 is 19.8 Å². The lowest BCUT2D eigenvalue weighted by atomic mass is 10.0. The number of rotatable bonds is 6. The van der Waals surface area contributed by atoms with Gasteiger partial charge >= 0.3 is 5.97 Å². The van der Waals surface area contributed by atoms with Crippen molar-refractivity contribution in [3.63, 3.8) is 0 Å². The third-order valence-corrected chi connectivity index (χ3v) is 5.41. The molecular weight excluding hydrogens is 404 g/mol. The number of hydrogen-bond acceptors (Lipinski definition) is 6. The SMILES string of the molecule is COC(=O)c1c(N)c(C#N)cn1-c1ccccc1CCc1ccc2cccc(OC)c2n1. The predicted octanol–water partition coefficient (Wildman–Crippen LogP) is 4.06. The van der Waals surface area contributed by atoms with Gasteiger partial charge in [-0.15, -0.1) is 0 Å². The van der Waals surface area contributed by atoms with E-state index in [1.54, 1.807) is 17.9 Å². The van der Waals surface area contributed by atoms with E-state index < -0.39 is 5.97 Å². The summed E-state index contributed by atoms with van der Waals surface area (Å²) in [6.45, 7) is 0. The van der Waals surface area contributed by atoms with Gasteiger partial charge in [0.2, 0.25) is 0 Å². The number of carbonyl (C=O) groups is 1. The van der Waals surface area contributed by atoms with Crippen molar-refractivity contribution in [2.45, 2.75) is 12.8 Å². The molecule has 0 aliphatic heterocycles. The smallest absolute Gasteiger partial charge is 0.357 e. The molecule has 2 aromatic carbocycles. The van der Waals surface area contributed by atoms with Gasteiger partial charge in [-0.3, -0.25) is 0 Å². The van der Waals surface area contributed by atoms with Crippen molar-refractivity contribution in [2.24, 2.45) is 0 Å². The molecular formula is C25H22N4O3. The zero-order valence-electron chi connectivity index (χ0n) is 17.8. The molecule has 0 saturated heterocycles. The van der Waals surface area contributed by atoms with Crippen LogP contribution in [0.4, 0.5) is 5.69 Å². The molecule has 0 amide bonds. The van der Waals surface area contributed by atoms with Crippen molar-refractivity contribution in [3.05, 3.63) is 83.3 Å². The van der Waals surface area contributed by atoms with Gasteiger partial charge in [0.15, 0.2) is 5.69 Å². The number of nitrogens with two attached hydrogens (primary N) is 1. The fourth-order valence-corrected chi connectivity index (χ4v) is 3.79. The highest BCUT2D eigenvalue weighted by Crippen LogP contribution is 2.28. The van der Waals surface area contributed by atoms with Crippen LogP contribution in [0.2, 0.25) is 0 Å². The molecule has 0 fully saturated rings. The molecule has 4 aromatic rings. The second-order valence-electron chi connectivity index (χ2n) is 7.24. The third kappa shape index (κ3) is 3.74. The number of benzene rings is 2. The number of aryl methyl sites for hydroxylation is 2. The number of ether oxygens (including phenoxy) is 2. The molecule has 4 rings (SSSR count). The van der Waals surface area contributed by atoms with Crippen LogP contribution in [0, 0.1) is 11.3 Å². The van der Waals surface area contributed by atoms with Crippen molar-refractivity contribution >= 4 is 22.6 Å². The number of pyridine rings is 1. The van der Waals surface area contributed by atoms with E-state index in [-0.39, 0.29) is 16.9 Å². The van der Waals surface area contributed by atoms with Crippen LogP contribution in [0.25, 0.3) is 16.6 Å². The molecule has 32 heavy (non-hydrogen) atoms. The highest BCUT2D eigenvalue weighted by Gasteiger charge is 2.22. The average molecular weight is 426 g/mol. The van der Waals surface area contributed by atoms with E-state index in [4.69, 9.17) is 20.2 Å². The molecule has 2 aromatic heterocycles. The van der Waals surface area contributed by atoms with Gasteiger partial charge in [0.05, 0.1) is 25.5 Å². The normalized spacial score (nSPS) is 10.7. The summed E-state index contributed by atoms with van der Waals surface area (Å²) in [7, 11) is 2.92. The van der Waals surface area contributed by atoms with Crippen molar-refractivity contribution in [1.82, 2.24) is 9.55 Å². The van der Waals surface area contributed by atoms with Crippen molar-refractivity contribution in [2.75, 3.05) is 20.0 Å². The number of aromatic nitrogens is 2. The molecule has 2 heterocycles. The number of fused-ring (bicyclic) bond motifs is 1. The fourth-order valence-electron chi connectivity index (χ4n) is 3.79. The van der Waals surface area contributed by atoms with Crippen LogP contribution in [0.5, 0.6) is 5.75 Å². The van der Waals surface area contributed by atoms with E-state index in [9.17, 15) is 10.1 Å². The molecule has 0 aliphatic rings. The molecule has 0 spiro atoms. The largest absolute Gasteiger partial charge is 0.494 e. The molecule has 0 unspecified atom stereocenters. The van der Waals surface area contributed by atoms with Crippen LogP contribution in [0.3, 0.4) is 0 Å². The molecule has 0 atom stereocenters. The lowest BCUT2D eigenvalue weighted by molar-refractivity contribution is 0.0593. The van der Waals surface area contributed by atoms with Crippen LogP contribution in [-0.2, 0) is 17.6 Å². The van der Waals surface area contributed by atoms with Crippen molar-refractivity contribution in [3.8, 4) is 17.5 Å². The first-order valence-electron chi connectivity index (χ1n) is 10.1. The monoisotopic (exact) mass is 426 g/mol. The van der Waals surface area contributed by atoms with E-state index in [2.05, 4.69) is 0 Å². The first-order valence-corrected chi connectivity index (χ1v) is 10.1. The van der Waals surface area contributed by atoms with Gasteiger partial charge in [-0.25, -0.2) is 9.78 Å². The van der Waals surface area contributed by atoms with Gasteiger partial charge in [-0.1, -0.05) is 36.4 Å². The number of nitrogen functional groups attached to an aromatic ring is 1. The summed E-state index contributed by atoms with van der Waals surface area (Å²) in [6.07, 6.45) is 2.92. The molecule has 0 bridgehead atoms. The number of methoxy groups -OCH3 is 2. The Balaban J connectivity index is 1.70. The Morgan fingerprint density at radius 2 is 1.91 bits per heavy atom. The Bertz CT molecular complexity index is 1350. The van der Waals surface area contributed by atoms with Crippen LogP contribution < -0.4 is 10.5 Å². The standard InChI is InChI=1S/C25H22N4O3/c1-31-21-9-5-7-17-11-13-19(28-23(17)21)12-10-16-6-3-4-8-20(16)29-15-18(14-26)22(27)24(29)25(30)32-2/h3-9,11,13,15H,10,12,27H2,1-2H3. The van der Waals surface area contributed by atoms with E-state index in [0.717, 1.165) is 33.6 Å². The Morgan fingerprint density at radius 1 is 1.09 bits per heavy atom. The summed E-state index contributed by atoms with van der Waals surface area (Å²) in [4.78, 5) is 17.2. The molecule has 0 aliphatic carbocycles. The second-order valence-corrected chi connectivity index (χ2v) is 7.24.